The number of nitrogens with two attached hydrogens (primary N) is 1. The highest BCUT2D eigenvalue weighted by molar-refractivity contribution is 4.84. The molecule has 7 heavy (non-hydrogen) atoms. The van der Waals surface area contributed by atoms with Crippen LogP contribution in [0.2, 0.25) is 0 Å². The standard InChI is InChI=1S/C5H10N2/c6-7-4-2-1-3-5-7/h2,4H,1,3,5-6H2. The number of rotatable bonds is 0. The Morgan fingerprint density at radius 1 is 1.57 bits per heavy atom. The number of hydrogen-bond donors (Lipinski definition) is 1. The normalized spacial score (nSPS) is 20.4. The third-order valence-corrected chi connectivity index (χ3v) is 1.08. The molecule has 2 heteroatoms. The molecule has 0 radical (unpaired) electrons. The van der Waals surface area contributed by atoms with E-state index in [2.05, 4.69) is 6.08 Å². The lowest BCUT2D eigenvalue weighted by molar-refractivity contribution is 0.370. The second kappa shape index (κ2) is 1.98. The predicted octanol–water partition coefficient (Wildman–Crippen LogP) is 0.470. The monoisotopic (exact) mass is 98.1 g/mol. The summed E-state index contributed by atoms with van der Waals surface area (Å²) in [4.78, 5) is 0. The van der Waals surface area contributed by atoms with Crippen LogP contribution in [0.4, 0.5) is 0 Å². The van der Waals surface area contributed by atoms with Crippen LogP contribution in [0.25, 0.3) is 0 Å². The third kappa shape index (κ3) is 1.20. The highest BCUT2D eigenvalue weighted by Gasteiger charge is 1.94. The van der Waals surface area contributed by atoms with Gasteiger partial charge < -0.3 is 5.01 Å². The minimum absolute atomic E-state index is 1.01. The van der Waals surface area contributed by atoms with Gasteiger partial charge in [-0.3, -0.25) is 0 Å². The molecule has 2 N–H and O–H groups in total. The Hall–Kier alpha value is -0.500. The molecular weight excluding hydrogens is 88.1 g/mol. The lowest BCUT2D eigenvalue weighted by Crippen LogP contribution is -2.27. The van der Waals surface area contributed by atoms with Crippen LogP contribution in [-0.2, 0) is 0 Å². The van der Waals surface area contributed by atoms with Crippen LogP contribution >= 0.6 is 0 Å². The molecule has 0 aromatic rings. The molecule has 1 aliphatic heterocycles. The van der Waals surface area contributed by atoms with E-state index in [1.54, 1.807) is 5.01 Å². The molecule has 1 heterocycles. The second-order valence-corrected chi connectivity index (χ2v) is 1.76. The van der Waals surface area contributed by atoms with Crippen molar-refractivity contribution in [3.8, 4) is 0 Å². The summed E-state index contributed by atoms with van der Waals surface area (Å²) < 4.78 is 0. The van der Waals surface area contributed by atoms with E-state index in [9.17, 15) is 0 Å². The Bertz CT molecular complexity index is 78.1. The maximum absolute atomic E-state index is 5.38. The van der Waals surface area contributed by atoms with Crippen molar-refractivity contribution < 1.29 is 0 Å². The van der Waals surface area contributed by atoms with Gasteiger partial charge in [0.1, 0.15) is 0 Å². The van der Waals surface area contributed by atoms with Gasteiger partial charge in [-0.2, -0.15) is 0 Å². The highest BCUT2D eigenvalue weighted by atomic mass is 15.4. The van der Waals surface area contributed by atoms with E-state index in [0.717, 1.165) is 6.54 Å². The molecule has 0 saturated heterocycles. The van der Waals surface area contributed by atoms with Gasteiger partial charge in [0.15, 0.2) is 0 Å². The van der Waals surface area contributed by atoms with Gasteiger partial charge in [-0.15, -0.1) is 0 Å². The molecule has 1 aliphatic rings. The van der Waals surface area contributed by atoms with Crippen LogP contribution in [0.5, 0.6) is 0 Å². The highest BCUT2D eigenvalue weighted by Crippen LogP contribution is 1.99. The first-order chi connectivity index (χ1) is 3.39. The molecule has 40 valence electrons. The van der Waals surface area contributed by atoms with E-state index in [1.165, 1.54) is 12.8 Å². The summed E-state index contributed by atoms with van der Waals surface area (Å²) in [5, 5.41) is 1.71. The van der Waals surface area contributed by atoms with Gasteiger partial charge >= 0.3 is 0 Å². The van der Waals surface area contributed by atoms with Crippen molar-refractivity contribution in [2.24, 2.45) is 5.84 Å². The number of hydrazine groups is 1. The maximum atomic E-state index is 5.38. The Morgan fingerprint density at radius 2 is 2.43 bits per heavy atom. The summed E-state index contributed by atoms with van der Waals surface area (Å²) in [6, 6.07) is 0. The van der Waals surface area contributed by atoms with Crippen LogP contribution in [0.3, 0.4) is 0 Å². The first-order valence-electron chi connectivity index (χ1n) is 2.57. The first kappa shape index (κ1) is 4.65. The van der Waals surface area contributed by atoms with Crippen molar-refractivity contribution in [3.05, 3.63) is 12.3 Å². The number of nitrogens with zero attached hydrogens (tertiary/aromatic N) is 1. The summed E-state index contributed by atoms with van der Waals surface area (Å²) in [6.07, 6.45) is 6.40. The van der Waals surface area contributed by atoms with Crippen molar-refractivity contribution >= 4 is 0 Å². The SMILES string of the molecule is NN1C=CCCC1. The molecule has 0 fully saturated rings. The van der Waals surface area contributed by atoms with Crippen LogP contribution in [0, 0.1) is 0 Å². The fourth-order valence-corrected chi connectivity index (χ4v) is 0.676. The maximum Gasteiger partial charge on any atom is 0.0338 e. The topological polar surface area (TPSA) is 29.3 Å². The molecule has 0 atom stereocenters. The van der Waals surface area contributed by atoms with Gasteiger partial charge in [-0.05, 0) is 12.8 Å². The van der Waals surface area contributed by atoms with Crippen LogP contribution < -0.4 is 5.84 Å². The molecule has 0 bridgehead atoms. The van der Waals surface area contributed by atoms with Gasteiger partial charge in [0.05, 0.1) is 0 Å². The number of hydrogen-bond acceptors (Lipinski definition) is 2. The molecule has 1 rings (SSSR count). The Balaban J connectivity index is 2.36. The zero-order valence-electron chi connectivity index (χ0n) is 4.30. The van der Waals surface area contributed by atoms with E-state index in [-0.39, 0.29) is 0 Å². The van der Waals surface area contributed by atoms with Gasteiger partial charge in [-0.1, -0.05) is 6.08 Å². The van der Waals surface area contributed by atoms with Crippen molar-refractivity contribution in [1.29, 1.82) is 0 Å². The fourth-order valence-electron chi connectivity index (χ4n) is 0.676. The average molecular weight is 98.1 g/mol. The third-order valence-electron chi connectivity index (χ3n) is 1.08. The van der Waals surface area contributed by atoms with Gasteiger partial charge in [0.25, 0.3) is 0 Å². The van der Waals surface area contributed by atoms with Crippen LogP contribution in [0.1, 0.15) is 12.8 Å². The molecule has 2 nitrogen and oxygen atoms in total. The number of allylic oxidation sites excluding steroid dienone is 1. The average Bonchev–Trinajstić information content (AvgIpc) is 1.69. The van der Waals surface area contributed by atoms with E-state index >= 15 is 0 Å². The molecular formula is C5H10N2. The van der Waals surface area contributed by atoms with Crippen LogP contribution in [-0.4, -0.2) is 11.6 Å². The smallest absolute Gasteiger partial charge is 0.0338 e. The Labute approximate surface area is 43.6 Å². The molecule has 0 spiro atoms. The van der Waals surface area contributed by atoms with Crippen molar-refractivity contribution in [1.82, 2.24) is 5.01 Å². The Kier molecular flexibility index (Phi) is 1.32. The predicted molar refractivity (Wildman–Crippen MR) is 29.3 cm³/mol. The Morgan fingerprint density at radius 3 is 2.71 bits per heavy atom. The first-order valence-corrected chi connectivity index (χ1v) is 2.57. The van der Waals surface area contributed by atoms with Gasteiger partial charge in [0.2, 0.25) is 0 Å². The van der Waals surface area contributed by atoms with E-state index in [1.807, 2.05) is 6.20 Å². The molecule has 0 unspecified atom stereocenters. The van der Waals surface area contributed by atoms with E-state index < -0.39 is 0 Å². The molecule has 0 aliphatic carbocycles. The second-order valence-electron chi connectivity index (χ2n) is 1.76. The van der Waals surface area contributed by atoms with E-state index in [0.29, 0.717) is 0 Å². The lowest BCUT2D eigenvalue weighted by atomic mass is 10.2. The van der Waals surface area contributed by atoms with Gasteiger partial charge in [-0.25, -0.2) is 5.84 Å². The molecule has 0 aromatic carbocycles. The molecule has 0 amide bonds. The van der Waals surface area contributed by atoms with E-state index in [4.69, 9.17) is 5.84 Å². The summed E-state index contributed by atoms with van der Waals surface area (Å²) in [7, 11) is 0. The quantitative estimate of drug-likeness (QED) is 0.446. The summed E-state index contributed by atoms with van der Waals surface area (Å²) in [5.41, 5.74) is 0. The zero-order chi connectivity index (χ0) is 5.11. The lowest BCUT2D eigenvalue weighted by Gasteiger charge is -2.15. The van der Waals surface area contributed by atoms with Crippen molar-refractivity contribution in [3.63, 3.8) is 0 Å². The summed E-state index contributed by atoms with van der Waals surface area (Å²) in [6.45, 7) is 1.01. The largest absolute Gasteiger partial charge is 0.319 e. The van der Waals surface area contributed by atoms with Crippen molar-refractivity contribution in [2.45, 2.75) is 12.8 Å². The molecule has 0 saturated carbocycles. The minimum Gasteiger partial charge on any atom is -0.319 e. The van der Waals surface area contributed by atoms with Crippen LogP contribution in [0.15, 0.2) is 12.3 Å². The zero-order valence-corrected chi connectivity index (χ0v) is 4.30. The molecule has 0 aromatic heterocycles. The van der Waals surface area contributed by atoms with Gasteiger partial charge in [0, 0.05) is 12.7 Å². The summed E-state index contributed by atoms with van der Waals surface area (Å²) in [5.74, 6) is 5.38. The fraction of sp³-hybridized carbons (Fsp3) is 0.600. The minimum atomic E-state index is 1.01. The summed E-state index contributed by atoms with van der Waals surface area (Å²) >= 11 is 0. The van der Waals surface area contributed by atoms with Crippen molar-refractivity contribution in [2.75, 3.05) is 6.54 Å².